The molecule has 0 saturated carbocycles. The number of likely N-dealkylation sites (N-methyl/N-ethyl adjacent to an activating group) is 1. The summed E-state index contributed by atoms with van der Waals surface area (Å²) in [4.78, 5) is 0. The lowest BCUT2D eigenvalue weighted by Crippen LogP contribution is -2.20. The minimum atomic E-state index is -0.152. The van der Waals surface area contributed by atoms with E-state index in [4.69, 9.17) is 4.74 Å². The minimum Gasteiger partial charge on any atom is -0.493 e. The summed E-state index contributed by atoms with van der Waals surface area (Å²) in [5.74, 6) is 0.824. The molecule has 0 fully saturated rings. The second-order valence-corrected chi connectivity index (χ2v) is 5.07. The molecule has 1 N–H and O–H groups in total. The summed E-state index contributed by atoms with van der Waals surface area (Å²) in [5.41, 5.74) is 3.09. The lowest BCUT2D eigenvalue weighted by atomic mass is 9.96. The number of hydrogen-bond acceptors (Lipinski definition) is 2. The second kappa shape index (κ2) is 5.63. The monoisotopic (exact) mass is 271 g/mol. The van der Waals surface area contributed by atoms with Crippen molar-refractivity contribution in [3.05, 3.63) is 65.0 Å². The summed E-state index contributed by atoms with van der Waals surface area (Å²) in [7, 11) is 1.90. The third-order valence-corrected chi connectivity index (χ3v) is 3.85. The van der Waals surface area contributed by atoms with Crippen molar-refractivity contribution in [1.82, 2.24) is 5.32 Å². The van der Waals surface area contributed by atoms with E-state index in [1.807, 2.05) is 19.2 Å². The third kappa shape index (κ3) is 2.41. The quantitative estimate of drug-likeness (QED) is 0.921. The lowest BCUT2D eigenvalue weighted by molar-refractivity contribution is 0.349. The number of fused-ring (bicyclic) bond motifs is 1. The molecule has 1 heterocycles. The molecular formula is C17H18FNO. The van der Waals surface area contributed by atoms with Gasteiger partial charge < -0.3 is 10.1 Å². The average molecular weight is 271 g/mol. The maximum Gasteiger partial charge on any atom is 0.127 e. The van der Waals surface area contributed by atoms with E-state index in [-0.39, 0.29) is 11.9 Å². The molecule has 0 aliphatic carbocycles. The maximum atomic E-state index is 13.8. The molecule has 2 nitrogen and oxygen atoms in total. The highest BCUT2D eigenvalue weighted by molar-refractivity contribution is 5.46. The molecule has 0 aromatic heterocycles. The Balaban J connectivity index is 1.91. The topological polar surface area (TPSA) is 21.3 Å². The van der Waals surface area contributed by atoms with Gasteiger partial charge in [0, 0.05) is 18.0 Å². The standard InChI is InChI=1S/C17H18FNO/c1-19-16(11-13-5-2-3-8-15(13)18)14-7-4-6-12-9-10-20-17(12)14/h2-8,16,19H,9-11H2,1H3. The summed E-state index contributed by atoms with van der Waals surface area (Å²) >= 11 is 0. The van der Waals surface area contributed by atoms with E-state index in [1.54, 1.807) is 6.07 Å². The molecule has 0 saturated heterocycles. The van der Waals surface area contributed by atoms with Gasteiger partial charge in [0.25, 0.3) is 0 Å². The zero-order chi connectivity index (χ0) is 13.9. The van der Waals surface area contributed by atoms with Gasteiger partial charge >= 0.3 is 0 Å². The van der Waals surface area contributed by atoms with Crippen molar-refractivity contribution in [2.45, 2.75) is 18.9 Å². The van der Waals surface area contributed by atoms with Crippen molar-refractivity contribution in [3.63, 3.8) is 0 Å². The molecule has 2 aromatic carbocycles. The Bertz CT molecular complexity index is 612. The normalized spacial score (nSPS) is 14.7. The van der Waals surface area contributed by atoms with Crippen LogP contribution in [0.2, 0.25) is 0 Å². The van der Waals surface area contributed by atoms with Gasteiger partial charge in [-0.1, -0.05) is 36.4 Å². The van der Waals surface area contributed by atoms with Gasteiger partial charge in [-0.3, -0.25) is 0 Å². The van der Waals surface area contributed by atoms with Crippen molar-refractivity contribution in [2.75, 3.05) is 13.7 Å². The molecule has 1 aliphatic rings. The van der Waals surface area contributed by atoms with Crippen LogP contribution in [-0.2, 0) is 12.8 Å². The molecule has 0 amide bonds. The molecule has 0 radical (unpaired) electrons. The largest absolute Gasteiger partial charge is 0.493 e. The van der Waals surface area contributed by atoms with Crippen LogP contribution in [0.15, 0.2) is 42.5 Å². The first kappa shape index (κ1) is 13.1. The van der Waals surface area contributed by atoms with E-state index in [9.17, 15) is 4.39 Å². The molecule has 1 aliphatic heterocycles. The van der Waals surface area contributed by atoms with Gasteiger partial charge in [-0.2, -0.15) is 0 Å². The molecule has 1 atom stereocenters. The Morgan fingerprint density at radius 2 is 2.05 bits per heavy atom. The second-order valence-electron chi connectivity index (χ2n) is 5.07. The number of rotatable bonds is 4. The van der Waals surface area contributed by atoms with Crippen LogP contribution in [0.4, 0.5) is 4.39 Å². The lowest BCUT2D eigenvalue weighted by Gasteiger charge is -2.19. The molecule has 2 aromatic rings. The van der Waals surface area contributed by atoms with Gasteiger partial charge in [0.05, 0.1) is 6.61 Å². The van der Waals surface area contributed by atoms with Crippen LogP contribution in [-0.4, -0.2) is 13.7 Å². The van der Waals surface area contributed by atoms with E-state index in [0.29, 0.717) is 6.42 Å². The van der Waals surface area contributed by atoms with E-state index in [2.05, 4.69) is 23.5 Å². The highest BCUT2D eigenvalue weighted by atomic mass is 19.1. The number of benzene rings is 2. The average Bonchev–Trinajstić information content (AvgIpc) is 2.95. The minimum absolute atomic E-state index is 0.0555. The summed E-state index contributed by atoms with van der Waals surface area (Å²) in [6, 6.07) is 13.2. The Labute approximate surface area is 118 Å². The van der Waals surface area contributed by atoms with Crippen LogP contribution in [0, 0.1) is 5.82 Å². The van der Waals surface area contributed by atoms with E-state index >= 15 is 0 Å². The highest BCUT2D eigenvalue weighted by Gasteiger charge is 2.22. The van der Waals surface area contributed by atoms with E-state index in [1.165, 1.54) is 11.6 Å². The molecule has 1 unspecified atom stereocenters. The van der Waals surface area contributed by atoms with Gasteiger partial charge in [0.2, 0.25) is 0 Å². The van der Waals surface area contributed by atoms with Crippen LogP contribution >= 0.6 is 0 Å². The molecule has 0 spiro atoms. The first-order valence-corrected chi connectivity index (χ1v) is 6.95. The Morgan fingerprint density at radius 1 is 1.20 bits per heavy atom. The third-order valence-electron chi connectivity index (χ3n) is 3.85. The molecule has 20 heavy (non-hydrogen) atoms. The fourth-order valence-corrected chi connectivity index (χ4v) is 2.77. The first-order valence-electron chi connectivity index (χ1n) is 6.95. The van der Waals surface area contributed by atoms with Crippen LogP contribution in [0.5, 0.6) is 5.75 Å². The highest BCUT2D eigenvalue weighted by Crippen LogP contribution is 2.34. The molecular weight excluding hydrogens is 253 g/mol. The van der Waals surface area contributed by atoms with Gasteiger partial charge in [-0.25, -0.2) is 4.39 Å². The van der Waals surface area contributed by atoms with Crippen LogP contribution in [0.1, 0.15) is 22.7 Å². The SMILES string of the molecule is CNC(Cc1ccccc1F)c1cccc2c1OCC2. The number of nitrogens with one attached hydrogen (secondary N) is 1. The van der Waals surface area contributed by atoms with Crippen molar-refractivity contribution in [3.8, 4) is 5.75 Å². The molecule has 3 rings (SSSR count). The maximum absolute atomic E-state index is 13.8. The number of halogens is 1. The summed E-state index contributed by atoms with van der Waals surface area (Å²) < 4.78 is 19.6. The summed E-state index contributed by atoms with van der Waals surface area (Å²) in [5, 5.41) is 3.28. The van der Waals surface area contributed by atoms with Gasteiger partial charge in [-0.05, 0) is 30.7 Å². The summed E-state index contributed by atoms with van der Waals surface area (Å²) in [6.07, 6.45) is 1.57. The Hall–Kier alpha value is -1.87. The smallest absolute Gasteiger partial charge is 0.127 e. The van der Waals surface area contributed by atoms with Gasteiger partial charge in [0.1, 0.15) is 11.6 Å². The number of ether oxygens (including phenoxy) is 1. The first-order chi connectivity index (χ1) is 9.79. The predicted octanol–water partition coefficient (Wildman–Crippen LogP) is 3.26. The van der Waals surface area contributed by atoms with E-state index in [0.717, 1.165) is 29.9 Å². The molecule has 3 heteroatoms. The van der Waals surface area contributed by atoms with Crippen molar-refractivity contribution in [2.24, 2.45) is 0 Å². The molecule has 0 bridgehead atoms. The van der Waals surface area contributed by atoms with Crippen LogP contribution in [0.25, 0.3) is 0 Å². The van der Waals surface area contributed by atoms with Crippen molar-refractivity contribution < 1.29 is 9.13 Å². The van der Waals surface area contributed by atoms with Crippen LogP contribution < -0.4 is 10.1 Å². The van der Waals surface area contributed by atoms with Crippen LogP contribution in [0.3, 0.4) is 0 Å². The Morgan fingerprint density at radius 3 is 2.85 bits per heavy atom. The van der Waals surface area contributed by atoms with E-state index < -0.39 is 0 Å². The predicted molar refractivity (Wildman–Crippen MR) is 77.5 cm³/mol. The summed E-state index contributed by atoms with van der Waals surface area (Å²) in [6.45, 7) is 0.739. The Kier molecular flexibility index (Phi) is 3.70. The molecule has 104 valence electrons. The van der Waals surface area contributed by atoms with Gasteiger partial charge in [-0.15, -0.1) is 0 Å². The van der Waals surface area contributed by atoms with Gasteiger partial charge in [0.15, 0.2) is 0 Å². The zero-order valence-electron chi connectivity index (χ0n) is 11.5. The fourth-order valence-electron chi connectivity index (χ4n) is 2.77. The fraction of sp³-hybridized carbons (Fsp3) is 0.294. The van der Waals surface area contributed by atoms with Crippen molar-refractivity contribution in [1.29, 1.82) is 0 Å². The number of hydrogen-bond donors (Lipinski definition) is 1. The number of para-hydroxylation sites is 1. The zero-order valence-corrected chi connectivity index (χ0v) is 11.5. The van der Waals surface area contributed by atoms with Crippen molar-refractivity contribution >= 4 is 0 Å².